The molecule has 0 spiro atoms. The third-order valence-electron chi connectivity index (χ3n) is 2.43. The Morgan fingerprint density at radius 1 is 1.20 bits per heavy atom. The first kappa shape index (κ1) is 17.0. The van der Waals surface area contributed by atoms with Crippen LogP contribution < -0.4 is 0 Å². The Balaban J connectivity index is 3.23. The summed E-state index contributed by atoms with van der Waals surface area (Å²) < 4.78 is 63.4. The van der Waals surface area contributed by atoms with Crippen LogP contribution in [-0.2, 0) is 16.2 Å². The average Bonchev–Trinajstić information content (AvgIpc) is 2.24. The summed E-state index contributed by atoms with van der Waals surface area (Å²) in [5, 5.41) is -0.00846. The minimum atomic E-state index is -4.53. The van der Waals surface area contributed by atoms with Gasteiger partial charge in [-0.25, -0.2) is 8.42 Å². The first-order chi connectivity index (χ1) is 8.84. The number of hydrogen-bond acceptors (Lipinski definition) is 2. The summed E-state index contributed by atoms with van der Waals surface area (Å²) in [5.41, 5.74) is -1.02. The highest BCUT2D eigenvalue weighted by atomic mass is 35.5. The molecule has 1 aromatic rings. The Bertz CT molecular complexity index is 631. The fraction of sp³-hybridized carbons (Fsp3) is 0.417. The molecule has 1 rings (SSSR count). The fourth-order valence-electron chi connectivity index (χ4n) is 1.10. The van der Waals surface area contributed by atoms with Crippen LogP contribution in [0.1, 0.15) is 31.9 Å². The van der Waals surface area contributed by atoms with Gasteiger partial charge in [-0.15, -0.1) is 0 Å². The molecule has 0 fully saturated rings. The SMILES string of the molecule is CC(C)(C)S(=O)(=O)N=Cc1cc(C(F)(F)F)ccc1Cl. The number of alkyl halides is 3. The molecule has 0 amide bonds. The number of sulfonamides is 1. The number of rotatable bonds is 2. The number of benzene rings is 1. The Labute approximate surface area is 120 Å². The minimum Gasteiger partial charge on any atom is -0.204 e. The number of nitrogens with zero attached hydrogens (tertiary/aromatic N) is 1. The molecule has 1 aromatic carbocycles. The molecule has 0 atom stereocenters. The molecule has 0 aliphatic rings. The number of halogens is 4. The van der Waals surface area contributed by atoms with Crippen LogP contribution in [0, 0.1) is 0 Å². The topological polar surface area (TPSA) is 46.5 Å². The van der Waals surface area contributed by atoms with Crippen LogP contribution in [0.2, 0.25) is 5.02 Å². The molecule has 3 nitrogen and oxygen atoms in total. The van der Waals surface area contributed by atoms with Gasteiger partial charge in [-0.05, 0) is 39.0 Å². The molecule has 20 heavy (non-hydrogen) atoms. The Kier molecular flexibility index (Phi) is 4.55. The van der Waals surface area contributed by atoms with Crippen molar-refractivity contribution < 1.29 is 21.6 Å². The van der Waals surface area contributed by atoms with E-state index in [1.165, 1.54) is 20.8 Å². The van der Waals surface area contributed by atoms with E-state index in [0.717, 1.165) is 24.4 Å². The lowest BCUT2D eigenvalue weighted by Crippen LogP contribution is -2.25. The van der Waals surface area contributed by atoms with Crippen molar-refractivity contribution in [2.45, 2.75) is 31.7 Å². The Morgan fingerprint density at radius 3 is 2.20 bits per heavy atom. The lowest BCUT2D eigenvalue weighted by molar-refractivity contribution is -0.137. The summed E-state index contributed by atoms with van der Waals surface area (Å²) in [6.45, 7) is 4.31. The minimum absolute atomic E-state index is 0.00846. The largest absolute Gasteiger partial charge is 0.416 e. The van der Waals surface area contributed by atoms with Gasteiger partial charge in [0.15, 0.2) is 0 Å². The zero-order valence-corrected chi connectivity index (χ0v) is 12.6. The molecule has 0 bridgehead atoms. The summed E-state index contributed by atoms with van der Waals surface area (Å²) in [4.78, 5) is 0. The van der Waals surface area contributed by atoms with Gasteiger partial charge in [0.05, 0.1) is 10.3 Å². The molecule has 0 aliphatic carbocycles. The van der Waals surface area contributed by atoms with Crippen LogP contribution in [0.25, 0.3) is 0 Å². The predicted octanol–water partition coefficient (Wildman–Crippen LogP) is 3.91. The van der Waals surface area contributed by atoms with E-state index in [1.54, 1.807) is 0 Å². The molecule has 0 aliphatic heterocycles. The van der Waals surface area contributed by atoms with Gasteiger partial charge in [0.2, 0.25) is 0 Å². The molecule has 0 saturated heterocycles. The molecule has 0 heterocycles. The van der Waals surface area contributed by atoms with Crippen molar-refractivity contribution in [2.24, 2.45) is 4.40 Å². The highest BCUT2D eigenvalue weighted by molar-refractivity contribution is 7.91. The molecule has 8 heteroatoms. The van der Waals surface area contributed by atoms with E-state index < -0.39 is 26.5 Å². The Morgan fingerprint density at radius 2 is 1.75 bits per heavy atom. The lowest BCUT2D eigenvalue weighted by Gasteiger charge is -2.14. The fourth-order valence-corrected chi connectivity index (χ4v) is 1.84. The molecule has 112 valence electrons. The predicted molar refractivity (Wildman–Crippen MR) is 72.7 cm³/mol. The number of hydrogen-bond donors (Lipinski definition) is 0. The quantitative estimate of drug-likeness (QED) is 0.773. The lowest BCUT2D eigenvalue weighted by atomic mass is 10.1. The van der Waals surface area contributed by atoms with Crippen molar-refractivity contribution in [3.05, 3.63) is 34.3 Å². The third kappa shape index (κ3) is 3.96. The van der Waals surface area contributed by atoms with Gasteiger partial charge >= 0.3 is 6.18 Å². The maximum atomic E-state index is 12.6. The summed E-state index contributed by atoms with van der Waals surface area (Å²) in [7, 11) is -3.83. The summed E-state index contributed by atoms with van der Waals surface area (Å²) >= 11 is 5.74. The van der Waals surface area contributed by atoms with Crippen molar-refractivity contribution in [1.29, 1.82) is 0 Å². The molecule has 0 radical (unpaired) electrons. The first-order valence-electron chi connectivity index (χ1n) is 5.51. The summed E-state index contributed by atoms with van der Waals surface area (Å²) in [5.74, 6) is 0. The second-order valence-electron chi connectivity index (χ2n) is 5.06. The van der Waals surface area contributed by atoms with Crippen molar-refractivity contribution in [2.75, 3.05) is 0 Å². The highest BCUT2D eigenvalue weighted by Crippen LogP contribution is 2.31. The second kappa shape index (κ2) is 5.37. The van der Waals surface area contributed by atoms with Gasteiger partial charge in [0.1, 0.15) is 0 Å². The third-order valence-corrected chi connectivity index (χ3v) is 4.70. The maximum Gasteiger partial charge on any atom is 0.416 e. The zero-order chi connectivity index (χ0) is 15.8. The zero-order valence-electron chi connectivity index (χ0n) is 11.0. The van der Waals surface area contributed by atoms with E-state index in [9.17, 15) is 21.6 Å². The highest BCUT2D eigenvalue weighted by Gasteiger charge is 2.31. The van der Waals surface area contributed by atoms with Crippen LogP contribution >= 0.6 is 11.6 Å². The van der Waals surface area contributed by atoms with Crippen LogP contribution in [0.5, 0.6) is 0 Å². The smallest absolute Gasteiger partial charge is 0.204 e. The molecule has 0 saturated carbocycles. The van der Waals surface area contributed by atoms with Crippen molar-refractivity contribution in [3.63, 3.8) is 0 Å². The normalized spacial score (nSPS) is 13.9. The molecule has 0 aromatic heterocycles. The van der Waals surface area contributed by atoms with Gasteiger partial charge in [-0.1, -0.05) is 11.6 Å². The van der Waals surface area contributed by atoms with Gasteiger partial charge in [-0.3, -0.25) is 0 Å². The van der Waals surface area contributed by atoms with Gasteiger partial charge < -0.3 is 0 Å². The van der Waals surface area contributed by atoms with E-state index >= 15 is 0 Å². The van der Waals surface area contributed by atoms with E-state index in [4.69, 9.17) is 11.6 Å². The van der Waals surface area contributed by atoms with E-state index in [1.807, 2.05) is 0 Å². The summed E-state index contributed by atoms with van der Waals surface area (Å²) in [6, 6.07) is 2.62. The van der Waals surface area contributed by atoms with Crippen molar-refractivity contribution in [1.82, 2.24) is 0 Å². The van der Waals surface area contributed by atoms with E-state index in [-0.39, 0.29) is 10.6 Å². The maximum absolute atomic E-state index is 12.6. The van der Waals surface area contributed by atoms with Crippen LogP contribution in [0.15, 0.2) is 22.6 Å². The van der Waals surface area contributed by atoms with Gasteiger partial charge in [0.25, 0.3) is 10.0 Å². The van der Waals surface area contributed by atoms with Gasteiger partial charge in [0, 0.05) is 16.8 Å². The van der Waals surface area contributed by atoms with E-state index in [2.05, 4.69) is 4.40 Å². The summed E-state index contributed by atoms with van der Waals surface area (Å²) in [6.07, 6.45) is -3.70. The molecule has 0 unspecified atom stereocenters. The first-order valence-corrected chi connectivity index (χ1v) is 7.33. The average molecular weight is 328 g/mol. The van der Waals surface area contributed by atoms with Crippen molar-refractivity contribution >= 4 is 27.8 Å². The Hall–Kier alpha value is -1.08. The van der Waals surface area contributed by atoms with Gasteiger partial charge in [-0.2, -0.15) is 17.6 Å². The molecule has 0 N–H and O–H groups in total. The van der Waals surface area contributed by atoms with Crippen LogP contribution in [0.4, 0.5) is 13.2 Å². The van der Waals surface area contributed by atoms with Crippen LogP contribution in [0.3, 0.4) is 0 Å². The van der Waals surface area contributed by atoms with Crippen LogP contribution in [-0.4, -0.2) is 19.4 Å². The van der Waals surface area contributed by atoms with E-state index in [0.29, 0.717) is 0 Å². The molecular formula is C12H13ClF3NO2S. The second-order valence-corrected chi connectivity index (χ2v) is 7.85. The molecular weight excluding hydrogens is 315 g/mol. The standard InChI is InChI=1S/C12H13ClF3NO2S/c1-11(2,3)20(18,19)17-7-8-6-9(12(14,15)16)4-5-10(8)13/h4-7H,1-3H3. The monoisotopic (exact) mass is 327 g/mol. The van der Waals surface area contributed by atoms with Crippen molar-refractivity contribution in [3.8, 4) is 0 Å².